The van der Waals surface area contributed by atoms with E-state index in [0.29, 0.717) is 6.20 Å². The molecule has 1 heterocycles. The van der Waals surface area contributed by atoms with E-state index >= 15 is 0 Å². The Morgan fingerprint density at radius 3 is 2.28 bits per heavy atom. The fourth-order valence-electron chi connectivity index (χ4n) is 1.31. The van der Waals surface area contributed by atoms with Gasteiger partial charge in [-0.25, -0.2) is 9.78 Å². The van der Waals surface area contributed by atoms with Crippen LogP contribution in [0.1, 0.15) is 36.7 Å². The molecule has 1 rings (SSSR count). The Labute approximate surface area is 102 Å². The number of pyridine rings is 1. The molecule has 0 amide bonds. The summed E-state index contributed by atoms with van der Waals surface area (Å²) in [6.45, 7) is 5.35. The SMILES string of the molecule is CC(C)(C)Nc1cc(C(=O)O)c(C(F)(F)F)cn1. The van der Waals surface area contributed by atoms with Gasteiger partial charge in [0.2, 0.25) is 0 Å². The third-order valence-corrected chi connectivity index (χ3v) is 1.94. The van der Waals surface area contributed by atoms with Crippen molar-refractivity contribution in [1.82, 2.24) is 4.98 Å². The molecule has 0 fully saturated rings. The first-order chi connectivity index (χ1) is 8.00. The zero-order valence-electron chi connectivity index (χ0n) is 10.1. The number of rotatable bonds is 2. The van der Waals surface area contributed by atoms with E-state index in [2.05, 4.69) is 10.3 Å². The molecule has 0 saturated carbocycles. The van der Waals surface area contributed by atoms with Crippen molar-refractivity contribution in [3.05, 3.63) is 23.4 Å². The van der Waals surface area contributed by atoms with Crippen molar-refractivity contribution in [2.75, 3.05) is 5.32 Å². The number of aromatic nitrogens is 1. The summed E-state index contributed by atoms with van der Waals surface area (Å²) in [6.07, 6.45) is -4.21. The van der Waals surface area contributed by atoms with Gasteiger partial charge in [0.05, 0.1) is 11.1 Å². The van der Waals surface area contributed by atoms with E-state index in [0.717, 1.165) is 6.07 Å². The predicted octanol–water partition coefficient (Wildman–Crippen LogP) is 3.01. The summed E-state index contributed by atoms with van der Waals surface area (Å²) in [7, 11) is 0. The molecule has 0 aliphatic carbocycles. The summed E-state index contributed by atoms with van der Waals surface area (Å²) in [5.74, 6) is -1.55. The van der Waals surface area contributed by atoms with Gasteiger partial charge in [0.15, 0.2) is 0 Å². The summed E-state index contributed by atoms with van der Waals surface area (Å²) in [5.41, 5.74) is -2.50. The van der Waals surface area contributed by atoms with Crippen molar-refractivity contribution >= 4 is 11.8 Å². The minimum Gasteiger partial charge on any atom is -0.478 e. The fraction of sp³-hybridized carbons (Fsp3) is 0.455. The summed E-state index contributed by atoms with van der Waals surface area (Å²) < 4.78 is 37.7. The highest BCUT2D eigenvalue weighted by Crippen LogP contribution is 2.32. The lowest BCUT2D eigenvalue weighted by molar-refractivity contribution is -0.138. The van der Waals surface area contributed by atoms with Gasteiger partial charge in [-0.15, -0.1) is 0 Å². The molecule has 18 heavy (non-hydrogen) atoms. The van der Waals surface area contributed by atoms with Crippen molar-refractivity contribution in [3.8, 4) is 0 Å². The van der Waals surface area contributed by atoms with Crippen molar-refractivity contribution in [2.45, 2.75) is 32.5 Å². The van der Waals surface area contributed by atoms with Crippen molar-refractivity contribution in [3.63, 3.8) is 0 Å². The molecule has 4 nitrogen and oxygen atoms in total. The van der Waals surface area contributed by atoms with Gasteiger partial charge in [-0.05, 0) is 26.8 Å². The number of carboxylic acids is 1. The molecule has 0 aromatic carbocycles. The maximum Gasteiger partial charge on any atom is 0.418 e. The number of halogens is 3. The Morgan fingerprint density at radius 2 is 1.89 bits per heavy atom. The van der Waals surface area contributed by atoms with Gasteiger partial charge in [0.1, 0.15) is 5.82 Å². The average molecular weight is 262 g/mol. The van der Waals surface area contributed by atoms with Crippen LogP contribution in [0.2, 0.25) is 0 Å². The van der Waals surface area contributed by atoms with E-state index in [9.17, 15) is 18.0 Å². The Kier molecular flexibility index (Phi) is 3.54. The lowest BCUT2D eigenvalue weighted by atomic mass is 10.1. The number of hydrogen-bond acceptors (Lipinski definition) is 3. The first-order valence-electron chi connectivity index (χ1n) is 5.09. The second-order valence-corrected chi connectivity index (χ2v) is 4.79. The second kappa shape index (κ2) is 4.47. The van der Waals surface area contributed by atoms with Crippen LogP contribution >= 0.6 is 0 Å². The molecule has 0 aliphatic rings. The number of nitrogens with zero attached hydrogens (tertiary/aromatic N) is 1. The molecule has 100 valence electrons. The zero-order valence-corrected chi connectivity index (χ0v) is 10.1. The van der Waals surface area contributed by atoms with Crippen LogP contribution in [-0.4, -0.2) is 21.6 Å². The molecule has 7 heteroatoms. The topological polar surface area (TPSA) is 62.2 Å². The standard InChI is InChI=1S/C11H13F3N2O2/c1-10(2,3)16-8-4-6(9(17)18)7(5-15-8)11(12,13)14/h4-5H,1-3H3,(H,15,16)(H,17,18). The van der Waals surface area contributed by atoms with Crippen LogP contribution in [0.25, 0.3) is 0 Å². The Hall–Kier alpha value is -1.79. The number of carboxylic acid groups (broad SMARTS) is 1. The fourth-order valence-corrected chi connectivity index (χ4v) is 1.31. The Morgan fingerprint density at radius 1 is 1.33 bits per heavy atom. The lowest BCUT2D eigenvalue weighted by Crippen LogP contribution is -2.27. The summed E-state index contributed by atoms with van der Waals surface area (Å²) in [5, 5.41) is 11.6. The third kappa shape index (κ3) is 3.61. The number of aromatic carboxylic acids is 1. The maximum absolute atomic E-state index is 12.6. The minimum absolute atomic E-state index is 0.0906. The molecule has 0 saturated heterocycles. The largest absolute Gasteiger partial charge is 0.478 e. The first kappa shape index (κ1) is 14.3. The quantitative estimate of drug-likeness (QED) is 0.860. The zero-order chi connectivity index (χ0) is 14.1. The molecule has 1 aromatic heterocycles. The van der Waals surface area contributed by atoms with E-state index in [1.165, 1.54) is 0 Å². The molecule has 0 aliphatic heterocycles. The van der Waals surface area contributed by atoms with Crippen LogP contribution in [0.4, 0.5) is 19.0 Å². The van der Waals surface area contributed by atoms with Gasteiger partial charge in [0.25, 0.3) is 0 Å². The van der Waals surface area contributed by atoms with Gasteiger partial charge < -0.3 is 10.4 Å². The molecular formula is C11H13F3N2O2. The molecule has 0 bridgehead atoms. The molecule has 0 unspecified atom stereocenters. The Bertz CT molecular complexity index is 464. The van der Waals surface area contributed by atoms with Crippen LogP contribution in [-0.2, 0) is 6.18 Å². The average Bonchev–Trinajstić information content (AvgIpc) is 2.12. The first-order valence-corrected chi connectivity index (χ1v) is 5.09. The Balaban J connectivity index is 3.24. The predicted molar refractivity (Wildman–Crippen MR) is 59.6 cm³/mol. The third-order valence-electron chi connectivity index (χ3n) is 1.94. The number of hydrogen-bond donors (Lipinski definition) is 2. The van der Waals surface area contributed by atoms with E-state index < -0.39 is 28.8 Å². The van der Waals surface area contributed by atoms with Crippen molar-refractivity contribution < 1.29 is 23.1 Å². The highest BCUT2D eigenvalue weighted by molar-refractivity contribution is 5.90. The van der Waals surface area contributed by atoms with Crippen LogP contribution < -0.4 is 5.32 Å². The van der Waals surface area contributed by atoms with Gasteiger partial charge in [-0.1, -0.05) is 0 Å². The van der Waals surface area contributed by atoms with Gasteiger partial charge in [0, 0.05) is 11.7 Å². The van der Waals surface area contributed by atoms with E-state index in [4.69, 9.17) is 5.11 Å². The number of anilines is 1. The second-order valence-electron chi connectivity index (χ2n) is 4.79. The van der Waals surface area contributed by atoms with Crippen molar-refractivity contribution in [1.29, 1.82) is 0 Å². The summed E-state index contributed by atoms with van der Waals surface area (Å²) >= 11 is 0. The maximum atomic E-state index is 12.6. The van der Waals surface area contributed by atoms with Crippen LogP contribution in [0.3, 0.4) is 0 Å². The van der Waals surface area contributed by atoms with E-state index in [1.807, 2.05) is 0 Å². The summed E-state index contributed by atoms with van der Waals surface area (Å²) in [6, 6.07) is 0.885. The molecule has 2 N–H and O–H groups in total. The minimum atomic E-state index is -4.74. The molecule has 0 atom stereocenters. The monoisotopic (exact) mass is 262 g/mol. The molecule has 0 spiro atoms. The highest BCUT2D eigenvalue weighted by atomic mass is 19.4. The lowest BCUT2D eigenvalue weighted by Gasteiger charge is -2.22. The smallest absolute Gasteiger partial charge is 0.418 e. The molecular weight excluding hydrogens is 249 g/mol. The van der Waals surface area contributed by atoms with Crippen LogP contribution in [0, 0.1) is 0 Å². The van der Waals surface area contributed by atoms with Crippen LogP contribution in [0.5, 0.6) is 0 Å². The van der Waals surface area contributed by atoms with E-state index in [1.54, 1.807) is 20.8 Å². The normalized spacial score (nSPS) is 12.3. The number of alkyl halides is 3. The van der Waals surface area contributed by atoms with Gasteiger partial charge in [-0.2, -0.15) is 13.2 Å². The molecule has 1 aromatic rings. The number of nitrogens with one attached hydrogen (secondary N) is 1. The highest BCUT2D eigenvalue weighted by Gasteiger charge is 2.36. The molecule has 0 radical (unpaired) electrons. The van der Waals surface area contributed by atoms with E-state index in [-0.39, 0.29) is 5.82 Å². The van der Waals surface area contributed by atoms with Crippen molar-refractivity contribution in [2.24, 2.45) is 0 Å². The van der Waals surface area contributed by atoms with Gasteiger partial charge >= 0.3 is 12.1 Å². The number of carbonyl (C=O) groups is 1. The summed E-state index contributed by atoms with van der Waals surface area (Å²) in [4.78, 5) is 14.4. The van der Waals surface area contributed by atoms with Gasteiger partial charge in [-0.3, -0.25) is 0 Å². The van der Waals surface area contributed by atoms with Crippen LogP contribution in [0.15, 0.2) is 12.3 Å².